The molecule has 1 aromatic carbocycles. The molecule has 0 bridgehead atoms. The second-order valence-corrected chi connectivity index (χ2v) is 6.72. The molecule has 3 rings (SSSR count). The molecular weight excluding hydrogens is 346 g/mol. The molecule has 2 aromatic heterocycles. The van der Waals surface area contributed by atoms with Crippen LogP contribution in [0.3, 0.4) is 0 Å². The first-order valence-electron chi connectivity index (χ1n) is 7.16. The number of nitrogens with zero attached hydrogens (tertiary/aromatic N) is 4. The first-order chi connectivity index (χ1) is 12.0. The van der Waals surface area contributed by atoms with Crippen LogP contribution in [0.5, 0.6) is 0 Å². The van der Waals surface area contributed by atoms with Gasteiger partial charge in [-0.1, -0.05) is 18.2 Å². The van der Waals surface area contributed by atoms with Crippen LogP contribution in [0.4, 0.5) is 5.69 Å². The smallest absolute Gasteiger partial charge is 0.258 e. The van der Waals surface area contributed by atoms with Crippen LogP contribution in [-0.2, 0) is 16.6 Å². The molecule has 0 aliphatic carbocycles. The Balaban J connectivity index is 1.89. The highest BCUT2D eigenvalue weighted by Gasteiger charge is 2.25. The predicted molar refractivity (Wildman–Crippen MR) is 88.5 cm³/mol. The summed E-state index contributed by atoms with van der Waals surface area (Å²) in [5.74, 6) is 0.470. The van der Waals surface area contributed by atoms with Gasteiger partial charge >= 0.3 is 0 Å². The zero-order chi connectivity index (χ0) is 17.9. The van der Waals surface area contributed by atoms with E-state index in [1.54, 1.807) is 36.8 Å². The van der Waals surface area contributed by atoms with Crippen LogP contribution in [-0.4, -0.2) is 28.1 Å². The highest BCUT2D eigenvalue weighted by atomic mass is 32.2. The number of rotatable bonds is 6. The van der Waals surface area contributed by atoms with E-state index < -0.39 is 20.6 Å². The largest absolute Gasteiger partial charge is 0.289 e. The molecule has 0 aliphatic heterocycles. The maximum Gasteiger partial charge on any atom is 0.289 e. The summed E-state index contributed by atoms with van der Waals surface area (Å²) < 4.78 is 28.8. The molecule has 9 nitrogen and oxygen atoms in total. The monoisotopic (exact) mass is 359 g/mol. The number of aromatic nitrogens is 3. The predicted octanol–water partition coefficient (Wildman–Crippen LogP) is 1.65. The van der Waals surface area contributed by atoms with E-state index in [1.165, 1.54) is 22.9 Å². The van der Waals surface area contributed by atoms with Crippen molar-refractivity contribution < 1.29 is 13.3 Å². The lowest BCUT2D eigenvalue weighted by atomic mass is 10.2. The standard InChI is InChI=1S/C15H13N5O4S/c21-20(22)13-6-1-2-7-14(13)25(23,24)18-11-12-5-3-8-16-15(12)19-10-4-9-17-19/h1-10,18H,11H2. The summed E-state index contributed by atoms with van der Waals surface area (Å²) in [6, 6.07) is 10.3. The van der Waals surface area contributed by atoms with Gasteiger partial charge in [0.1, 0.15) is 0 Å². The summed E-state index contributed by atoms with van der Waals surface area (Å²) in [5.41, 5.74) is 0.0989. The van der Waals surface area contributed by atoms with Crippen molar-refractivity contribution in [3.63, 3.8) is 0 Å². The third-order valence-electron chi connectivity index (χ3n) is 3.39. The number of benzene rings is 1. The SMILES string of the molecule is O=[N+]([O-])c1ccccc1S(=O)(=O)NCc1cccnc1-n1cccn1. The molecule has 1 N–H and O–H groups in total. The van der Waals surface area contributed by atoms with Gasteiger partial charge in [0.15, 0.2) is 10.7 Å². The molecule has 0 saturated carbocycles. The minimum absolute atomic E-state index is 0.0859. The van der Waals surface area contributed by atoms with Crippen LogP contribution in [0.25, 0.3) is 5.82 Å². The molecule has 0 aliphatic rings. The van der Waals surface area contributed by atoms with Gasteiger partial charge in [-0.3, -0.25) is 10.1 Å². The summed E-state index contributed by atoms with van der Waals surface area (Å²) in [7, 11) is -4.07. The quantitative estimate of drug-likeness (QED) is 0.528. The Kier molecular flexibility index (Phi) is 4.55. The van der Waals surface area contributed by atoms with Crippen LogP contribution in [0.1, 0.15) is 5.56 Å². The first kappa shape index (κ1) is 16.7. The molecule has 0 radical (unpaired) electrons. The van der Waals surface area contributed by atoms with Gasteiger partial charge in [-0.05, 0) is 18.2 Å². The molecule has 0 atom stereocenters. The van der Waals surface area contributed by atoms with Crippen molar-refractivity contribution in [1.82, 2.24) is 19.5 Å². The Morgan fingerprint density at radius 1 is 1.12 bits per heavy atom. The van der Waals surface area contributed by atoms with Crippen LogP contribution < -0.4 is 4.72 Å². The minimum Gasteiger partial charge on any atom is -0.258 e. The first-order valence-corrected chi connectivity index (χ1v) is 8.64. The number of para-hydroxylation sites is 1. The van der Waals surface area contributed by atoms with Crippen molar-refractivity contribution >= 4 is 15.7 Å². The molecule has 2 heterocycles. The molecule has 0 unspecified atom stereocenters. The Morgan fingerprint density at radius 2 is 1.92 bits per heavy atom. The number of pyridine rings is 1. The third-order valence-corrected chi connectivity index (χ3v) is 4.84. The molecule has 0 amide bonds. The second kappa shape index (κ2) is 6.79. The molecule has 0 fully saturated rings. The molecule has 3 aromatic rings. The average Bonchev–Trinajstić information content (AvgIpc) is 3.15. The van der Waals surface area contributed by atoms with Gasteiger partial charge in [0.2, 0.25) is 10.0 Å². The number of nitro benzene ring substituents is 1. The fourth-order valence-corrected chi connectivity index (χ4v) is 3.43. The van der Waals surface area contributed by atoms with Crippen LogP contribution in [0.15, 0.2) is 66.0 Å². The van der Waals surface area contributed by atoms with Gasteiger partial charge in [-0.2, -0.15) is 5.10 Å². The van der Waals surface area contributed by atoms with Gasteiger partial charge in [0.25, 0.3) is 5.69 Å². The van der Waals surface area contributed by atoms with E-state index in [2.05, 4.69) is 14.8 Å². The van der Waals surface area contributed by atoms with Crippen molar-refractivity contribution in [2.75, 3.05) is 0 Å². The fraction of sp³-hybridized carbons (Fsp3) is 0.0667. The van der Waals surface area contributed by atoms with Gasteiger partial charge in [-0.15, -0.1) is 0 Å². The number of nitrogens with one attached hydrogen (secondary N) is 1. The summed E-state index contributed by atoms with van der Waals surface area (Å²) in [6.45, 7) is -0.0859. The lowest BCUT2D eigenvalue weighted by Crippen LogP contribution is -2.25. The molecule has 0 spiro atoms. The van der Waals surface area contributed by atoms with Crippen molar-refractivity contribution in [3.8, 4) is 5.82 Å². The van der Waals surface area contributed by atoms with Gasteiger partial charge in [-0.25, -0.2) is 22.8 Å². The van der Waals surface area contributed by atoms with Gasteiger partial charge in [0.05, 0.1) is 4.92 Å². The van der Waals surface area contributed by atoms with Crippen molar-refractivity contribution in [3.05, 3.63) is 76.7 Å². The van der Waals surface area contributed by atoms with Crippen LogP contribution >= 0.6 is 0 Å². The Morgan fingerprint density at radius 3 is 2.64 bits per heavy atom. The summed E-state index contributed by atoms with van der Waals surface area (Å²) in [5, 5.41) is 15.1. The Hall–Kier alpha value is -3.11. The molecule has 25 heavy (non-hydrogen) atoms. The van der Waals surface area contributed by atoms with E-state index in [-0.39, 0.29) is 11.4 Å². The van der Waals surface area contributed by atoms with E-state index in [9.17, 15) is 18.5 Å². The van der Waals surface area contributed by atoms with E-state index >= 15 is 0 Å². The molecular formula is C15H13N5O4S. The molecule has 10 heteroatoms. The van der Waals surface area contributed by atoms with E-state index in [1.807, 2.05) is 0 Å². The van der Waals surface area contributed by atoms with Crippen molar-refractivity contribution in [2.45, 2.75) is 11.4 Å². The summed E-state index contributed by atoms with van der Waals surface area (Å²) >= 11 is 0. The van der Waals surface area contributed by atoms with E-state index in [0.29, 0.717) is 11.4 Å². The number of hydrogen-bond acceptors (Lipinski definition) is 6. The normalized spacial score (nSPS) is 11.4. The lowest BCUT2D eigenvalue weighted by molar-refractivity contribution is -0.387. The fourth-order valence-electron chi connectivity index (χ4n) is 2.25. The third kappa shape index (κ3) is 3.54. The summed E-state index contributed by atoms with van der Waals surface area (Å²) in [6.07, 6.45) is 4.83. The minimum atomic E-state index is -4.07. The average molecular weight is 359 g/mol. The van der Waals surface area contributed by atoms with E-state index in [0.717, 1.165) is 6.07 Å². The Labute approximate surface area is 143 Å². The summed E-state index contributed by atoms with van der Waals surface area (Å²) in [4.78, 5) is 14.1. The van der Waals surface area contributed by atoms with Gasteiger partial charge in [0, 0.05) is 36.8 Å². The van der Waals surface area contributed by atoms with E-state index in [4.69, 9.17) is 0 Å². The van der Waals surface area contributed by atoms with Crippen molar-refractivity contribution in [2.24, 2.45) is 0 Å². The number of hydrogen-bond donors (Lipinski definition) is 1. The zero-order valence-corrected chi connectivity index (χ0v) is 13.6. The second-order valence-electron chi connectivity index (χ2n) is 4.99. The van der Waals surface area contributed by atoms with Gasteiger partial charge < -0.3 is 0 Å². The van der Waals surface area contributed by atoms with Crippen LogP contribution in [0.2, 0.25) is 0 Å². The Bertz CT molecular complexity index is 1000. The highest BCUT2D eigenvalue weighted by Crippen LogP contribution is 2.23. The van der Waals surface area contributed by atoms with Crippen LogP contribution in [0, 0.1) is 10.1 Å². The zero-order valence-electron chi connectivity index (χ0n) is 12.8. The maximum atomic E-state index is 12.5. The number of sulfonamides is 1. The topological polar surface area (TPSA) is 120 Å². The highest BCUT2D eigenvalue weighted by molar-refractivity contribution is 7.89. The lowest BCUT2D eigenvalue weighted by Gasteiger charge is -2.10. The van der Waals surface area contributed by atoms with Crippen molar-refractivity contribution in [1.29, 1.82) is 0 Å². The molecule has 0 saturated heterocycles. The number of nitro groups is 1. The molecule has 128 valence electrons. The maximum absolute atomic E-state index is 12.5.